The Morgan fingerprint density at radius 3 is 1.50 bits per heavy atom. The Labute approximate surface area is 176 Å². The number of carbonyl (C=O) groups is 2. The normalized spacial score (nSPS) is 10.9. The monoisotopic (exact) mass is 442 g/mol. The summed E-state index contributed by atoms with van der Waals surface area (Å²) in [6.45, 7) is -0.780. The minimum atomic E-state index is -0.997. The predicted octanol–water partition coefficient (Wildman–Crippen LogP) is 3.19. The van der Waals surface area contributed by atoms with E-state index in [1.165, 1.54) is 12.1 Å². The summed E-state index contributed by atoms with van der Waals surface area (Å²) in [5, 5.41) is -0.0646. The van der Waals surface area contributed by atoms with Gasteiger partial charge in [0.2, 0.25) is 11.5 Å². The van der Waals surface area contributed by atoms with E-state index in [1.807, 2.05) is 0 Å². The van der Waals surface area contributed by atoms with Crippen LogP contribution in [0.5, 0.6) is 0 Å². The molecule has 0 aliphatic carbocycles. The summed E-state index contributed by atoms with van der Waals surface area (Å²) in [5.41, 5.74) is -1.25. The first-order valence-corrected chi connectivity index (χ1v) is 9.13. The van der Waals surface area contributed by atoms with Crippen LogP contribution in [0.15, 0.2) is 67.0 Å². The van der Waals surface area contributed by atoms with Crippen molar-refractivity contribution in [2.45, 2.75) is 0 Å². The maximum atomic E-state index is 13.2. The fraction of sp³-hybridized carbons (Fsp3) is 0.0909. The number of carbonyl (C=O) groups excluding carboxylic acids is 2. The molecule has 162 valence electrons. The highest BCUT2D eigenvalue weighted by molar-refractivity contribution is 5.90. The lowest BCUT2D eigenvalue weighted by atomic mass is 10.2. The maximum Gasteiger partial charge on any atom is 0.374 e. The molecular weight excluding hydrogens is 430 g/mol. The fourth-order valence-corrected chi connectivity index (χ4v) is 2.87. The quantitative estimate of drug-likeness (QED) is 0.342. The summed E-state index contributed by atoms with van der Waals surface area (Å²) in [6, 6.07) is 8.25. The Bertz CT molecular complexity index is 1370. The topological polar surface area (TPSA) is 113 Å². The van der Waals surface area contributed by atoms with E-state index in [1.54, 1.807) is 0 Å². The minimum Gasteiger partial charge on any atom is -0.456 e. The van der Waals surface area contributed by atoms with Crippen molar-refractivity contribution in [2.24, 2.45) is 0 Å². The van der Waals surface area contributed by atoms with Crippen LogP contribution < -0.4 is 10.9 Å². The second kappa shape index (κ2) is 8.42. The van der Waals surface area contributed by atoms with Crippen LogP contribution in [0.2, 0.25) is 0 Å². The number of hydrogen-bond acceptors (Lipinski definition) is 8. The molecule has 10 heteroatoms. The van der Waals surface area contributed by atoms with Gasteiger partial charge in [0.1, 0.15) is 36.0 Å². The van der Waals surface area contributed by atoms with Crippen LogP contribution in [0.4, 0.5) is 8.78 Å². The number of hydrogen-bond donors (Lipinski definition) is 0. The van der Waals surface area contributed by atoms with Crippen molar-refractivity contribution in [3.05, 3.63) is 92.1 Å². The van der Waals surface area contributed by atoms with Crippen molar-refractivity contribution in [1.29, 1.82) is 0 Å². The van der Waals surface area contributed by atoms with Gasteiger partial charge in [-0.1, -0.05) is 0 Å². The first kappa shape index (κ1) is 20.9. The van der Waals surface area contributed by atoms with Crippen molar-refractivity contribution in [2.75, 3.05) is 13.2 Å². The molecule has 0 radical (unpaired) electrons. The largest absolute Gasteiger partial charge is 0.456 e. The summed E-state index contributed by atoms with van der Waals surface area (Å²) >= 11 is 0. The molecule has 2 aromatic carbocycles. The molecule has 0 N–H and O–H groups in total. The van der Waals surface area contributed by atoms with Gasteiger partial charge in [-0.15, -0.1) is 0 Å². The smallest absolute Gasteiger partial charge is 0.374 e. The highest BCUT2D eigenvalue weighted by Crippen LogP contribution is 2.16. The van der Waals surface area contributed by atoms with Gasteiger partial charge in [0.05, 0.1) is 10.8 Å². The molecule has 0 atom stereocenters. The first-order chi connectivity index (χ1) is 15.3. The van der Waals surface area contributed by atoms with E-state index >= 15 is 0 Å². The molecule has 0 saturated heterocycles. The number of esters is 2. The highest BCUT2D eigenvalue weighted by Gasteiger charge is 2.17. The highest BCUT2D eigenvalue weighted by atomic mass is 19.1. The third-order valence-electron chi connectivity index (χ3n) is 4.33. The van der Waals surface area contributed by atoms with Gasteiger partial charge in [-0.05, 0) is 36.4 Å². The number of halogens is 2. The zero-order valence-electron chi connectivity index (χ0n) is 16.1. The lowest BCUT2D eigenvalue weighted by molar-refractivity contribution is 0.0230. The lowest BCUT2D eigenvalue weighted by Gasteiger charge is -2.07. The van der Waals surface area contributed by atoms with E-state index in [0.29, 0.717) is 0 Å². The van der Waals surface area contributed by atoms with Gasteiger partial charge in [-0.25, -0.2) is 18.4 Å². The Balaban J connectivity index is 1.38. The van der Waals surface area contributed by atoms with Gasteiger partial charge in [0.15, 0.2) is 10.9 Å². The van der Waals surface area contributed by atoms with Crippen molar-refractivity contribution in [3.8, 4) is 0 Å². The SMILES string of the molecule is O=C(OCCOC(=O)c1cc(=O)c2cc(F)ccc2o1)c1cc(=O)c2cc(F)ccc2o1. The summed E-state index contributed by atoms with van der Waals surface area (Å²) in [6.07, 6.45) is 0. The summed E-state index contributed by atoms with van der Waals surface area (Å²) < 4.78 is 46.7. The number of benzene rings is 2. The Morgan fingerprint density at radius 1 is 0.688 bits per heavy atom. The Morgan fingerprint density at radius 2 is 1.09 bits per heavy atom. The third-order valence-corrected chi connectivity index (χ3v) is 4.33. The summed E-state index contributed by atoms with van der Waals surface area (Å²) in [5.74, 6) is -4.07. The van der Waals surface area contributed by atoms with Crippen LogP contribution >= 0.6 is 0 Å². The molecule has 0 aliphatic rings. The second-order valence-electron chi connectivity index (χ2n) is 6.50. The van der Waals surface area contributed by atoms with E-state index in [9.17, 15) is 28.0 Å². The number of ether oxygens (including phenoxy) is 2. The molecule has 0 saturated carbocycles. The summed E-state index contributed by atoms with van der Waals surface area (Å²) in [7, 11) is 0. The second-order valence-corrected chi connectivity index (χ2v) is 6.50. The van der Waals surface area contributed by atoms with Crippen LogP contribution in [0, 0.1) is 11.6 Å². The van der Waals surface area contributed by atoms with Gasteiger partial charge in [-0.3, -0.25) is 9.59 Å². The number of fused-ring (bicyclic) bond motifs is 2. The molecular formula is C22H12F2O8. The first-order valence-electron chi connectivity index (χ1n) is 9.13. The van der Waals surface area contributed by atoms with Gasteiger partial charge in [0.25, 0.3) is 0 Å². The molecule has 0 unspecified atom stereocenters. The molecule has 4 aromatic rings. The van der Waals surface area contributed by atoms with E-state index in [-0.39, 0.29) is 21.9 Å². The van der Waals surface area contributed by atoms with Gasteiger partial charge >= 0.3 is 11.9 Å². The molecule has 0 aliphatic heterocycles. The van der Waals surface area contributed by atoms with E-state index in [4.69, 9.17) is 18.3 Å². The molecule has 0 bridgehead atoms. The lowest BCUT2D eigenvalue weighted by Crippen LogP contribution is -2.16. The van der Waals surface area contributed by atoms with Crippen LogP contribution in [0.25, 0.3) is 21.9 Å². The average Bonchev–Trinajstić information content (AvgIpc) is 2.77. The van der Waals surface area contributed by atoms with Gasteiger partial charge in [0, 0.05) is 12.1 Å². The average molecular weight is 442 g/mol. The summed E-state index contributed by atoms with van der Waals surface area (Å²) in [4.78, 5) is 48.2. The van der Waals surface area contributed by atoms with Crippen LogP contribution in [0.1, 0.15) is 21.1 Å². The van der Waals surface area contributed by atoms with Crippen molar-refractivity contribution in [3.63, 3.8) is 0 Å². The zero-order valence-corrected chi connectivity index (χ0v) is 16.1. The Kier molecular flexibility index (Phi) is 5.50. The van der Waals surface area contributed by atoms with Crippen LogP contribution in [-0.4, -0.2) is 25.2 Å². The maximum absolute atomic E-state index is 13.2. The van der Waals surface area contributed by atoms with Gasteiger partial charge < -0.3 is 18.3 Å². The molecule has 4 rings (SSSR count). The van der Waals surface area contributed by atoms with Crippen LogP contribution in [-0.2, 0) is 9.47 Å². The fourth-order valence-electron chi connectivity index (χ4n) is 2.87. The van der Waals surface area contributed by atoms with E-state index < -0.39 is 59.2 Å². The van der Waals surface area contributed by atoms with E-state index in [0.717, 1.165) is 36.4 Å². The Hall–Kier alpha value is -4.34. The van der Waals surface area contributed by atoms with Crippen molar-refractivity contribution in [1.82, 2.24) is 0 Å². The zero-order chi connectivity index (χ0) is 22.8. The standard InChI is InChI=1S/C22H12F2O8/c23-11-1-3-17-13(7-11)15(25)9-19(31-17)21(27)29-5-6-30-22(28)20-10-16(26)14-8-12(24)2-4-18(14)32-20/h1-4,7-10H,5-6H2. The van der Waals surface area contributed by atoms with Crippen molar-refractivity contribution < 1.29 is 36.7 Å². The number of rotatable bonds is 5. The van der Waals surface area contributed by atoms with Crippen molar-refractivity contribution >= 4 is 33.9 Å². The molecule has 0 amide bonds. The van der Waals surface area contributed by atoms with Crippen LogP contribution in [0.3, 0.4) is 0 Å². The molecule has 8 nitrogen and oxygen atoms in total. The molecule has 0 spiro atoms. The molecule has 2 aromatic heterocycles. The minimum absolute atomic E-state index is 0.00323. The predicted molar refractivity (Wildman–Crippen MR) is 105 cm³/mol. The molecule has 0 fully saturated rings. The molecule has 32 heavy (non-hydrogen) atoms. The third kappa shape index (κ3) is 4.24. The van der Waals surface area contributed by atoms with Gasteiger partial charge in [-0.2, -0.15) is 0 Å². The molecule has 2 heterocycles. The van der Waals surface area contributed by atoms with E-state index in [2.05, 4.69) is 0 Å².